The van der Waals surface area contributed by atoms with Crippen molar-refractivity contribution in [3.8, 4) is 0 Å². The first-order valence-electron chi connectivity index (χ1n) is 9.32. The third-order valence-electron chi connectivity index (χ3n) is 4.72. The second kappa shape index (κ2) is 9.53. The molecule has 1 aromatic heterocycles. The highest BCUT2D eigenvalue weighted by atomic mass is 35.5. The maximum atomic E-state index is 12.3. The minimum absolute atomic E-state index is 0.176. The van der Waals surface area contributed by atoms with E-state index in [-0.39, 0.29) is 5.91 Å². The summed E-state index contributed by atoms with van der Waals surface area (Å²) < 4.78 is 0. The van der Waals surface area contributed by atoms with Crippen LogP contribution in [0.1, 0.15) is 54.6 Å². The summed E-state index contributed by atoms with van der Waals surface area (Å²) in [6.45, 7) is 0.551. The SMILES string of the molecule is O=C(NCCc1ccc(Cl)cc1)c1cc(NC2CCCCCC2)ncn1. The number of carbonyl (C=O) groups is 1. The van der Waals surface area contributed by atoms with Crippen molar-refractivity contribution in [1.82, 2.24) is 15.3 Å². The maximum Gasteiger partial charge on any atom is 0.270 e. The van der Waals surface area contributed by atoms with Crippen molar-refractivity contribution in [3.63, 3.8) is 0 Å². The predicted molar refractivity (Wildman–Crippen MR) is 105 cm³/mol. The number of amides is 1. The molecule has 26 heavy (non-hydrogen) atoms. The molecule has 1 aliphatic carbocycles. The van der Waals surface area contributed by atoms with Crippen LogP contribution in [0.15, 0.2) is 36.7 Å². The molecule has 2 aromatic rings. The van der Waals surface area contributed by atoms with Gasteiger partial charge in [0.2, 0.25) is 0 Å². The van der Waals surface area contributed by atoms with Crippen molar-refractivity contribution in [3.05, 3.63) is 52.9 Å². The van der Waals surface area contributed by atoms with E-state index in [1.807, 2.05) is 24.3 Å². The lowest BCUT2D eigenvalue weighted by Gasteiger charge is -2.17. The fourth-order valence-corrected chi connectivity index (χ4v) is 3.38. The Labute approximate surface area is 159 Å². The van der Waals surface area contributed by atoms with Crippen LogP contribution in [0.2, 0.25) is 5.02 Å². The largest absolute Gasteiger partial charge is 0.367 e. The van der Waals surface area contributed by atoms with Gasteiger partial charge in [-0.05, 0) is 37.0 Å². The molecule has 3 rings (SSSR count). The van der Waals surface area contributed by atoms with E-state index < -0.39 is 0 Å². The van der Waals surface area contributed by atoms with Crippen LogP contribution in [0.3, 0.4) is 0 Å². The Morgan fingerprint density at radius 2 is 1.81 bits per heavy atom. The molecule has 0 bridgehead atoms. The summed E-state index contributed by atoms with van der Waals surface area (Å²) in [5.41, 5.74) is 1.53. The first kappa shape index (κ1) is 18.6. The van der Waals surface area contributed by atoms with Crippen LogP contribution in [0.5, 0.6) is 0 Å². The van der Waals surface area contributed by atoms with Crippen molar-refractivity contribution in [2.45, 2.75) is 51.0 Å². The lowest BCUT2D eigenvalue weighted by atomic mass is 10.1. The molecule has 1 saturated carbocycles. The summed E-state index contributed by atoms with van der Waals surface area (Å²) in [6, 6.07) is 9.82. The summed E-state index contributed by atoms with van der Waals surface area (Å²) >= 11 is 5.88. The summed E-state index contributed by atoms with van der Waals surface area (Å²) in [5, 5.41) is 7.09. The van der Waals surface area contributed by atoms with E-state index >= 15 is 0 Å². The van der Waals surface area contributed by atoms with E-state index in [1.165, 1.54) is 32.0 Å². The van der Waals surface area contributed by atoms with Gasteiger partial charge in [0.05, 0.1) is 0 Å². The molecule has 6 heteroatoms. The van der Waals surface area contributed by atoms with Gasteiger partial charge in [0.15, 0.2) is 0 Å². The number of nitrogens with one attached hydrogen (secondary N) is 2. The van der Waals surface area contributed by atoms with E-state index in [1.54, 1.807) is 6.07 Å². The normalized spacial score (nSPS) is 15.3. The number of hydrogen-bond acceptors (Lipinski definition) is 4. The first-order valence-corrected chi connectivity index (χ1v) is 9.70. The van der Waals surface area contributed by atoms with Gasteiger partial charge in [0.25, 0.3) is 5.91 Å². The van der Waals surface area contributed by atoms with Gasteiger partial charge < -0.3 is 10.6 Å². The Kier molecular flexibility index (Phi) is 6.83. The quantitative estimate of drug-likeness (QED) is 0.744. The van der Waals surface area contributed by atoms with Gasteiger partial charge in [-0.3, -0.25) is 4.79 Å². The van der Waals surface area contributed by atoms with Crippen LogP contribution in [0, 0.1) is 0 Å². The Bertz CT molecular complexity index is 712. The van der Waals surface area contributed by atoms with E-state index in [4.69, 9.17) is 11.6 Å². The van der Waals surface area contributed by atoms with Gasteiger partial charge in [-0.25, -0.2) is 9.97 Å². The molecule has 1 fully saturated rings. The molecule has 1 heterocycles. The van der Waals surface area contributed by atoms with Gasteiger partial charge in [-0.1, -0.05) is 49.4 Å². The zero-order valence-electron chi connectivity index (χ0n) is 14.9. The molecule has 0 aliphatic heterocycles. The highest BCUT2D eigenvalue weighted by Crippen LogP contribution is 2.20. The van der Waals surface area contributed by atoms with Crippen molar-refractivity contribution in [1.29, 1.82) is 0 Å². The third kappa shape index (κ3) is 5.70. The van der Waals surface area contributed by atoms with Crippen LogP contribution >= 0.6 is 11.6 Å². The Morgan fingerprint density at radius 1 is 1.08 bits per heavy atom. The van der Waals surface area contributed by atoms with Crippen LogP contribution < -0.4 is 10.6 Å². The Hall–Kier alpha value is -2.14. The average Bonchev–Trinajstić information content (AvgIpc) is 2.92. The number of benzene rings is 1. The van der Waals surface area contributed by atoms with Crippen molar-refractivity contribution in [2.75, 3.05) is 11.9 Å². The maximum absolute atomic E-state index is 12.3. The average molecular weight is 373 g/mol. The van der Waals surface area contributed by atoms with Gasteiger partial charge in [0.1, 0.15) is 17.8 Å². The summed E-state index contributed by atoms with van der Waals surface area (Å²) in [6.07, 6.45) is 9.64. The van der Waals surface area contributed by atoms with Crippen LogP contribution in [0.25, 0.3) is 0 Å². The van der Waals surface area contributed by atoms with Crippen molar-refractivity contribution >= 4 is 23.3 Å². The highest BCUT2D eigenvalue weighted by molar-refractivity contribution is 6.30. The highest BCUT2D eigenvalue weighted by Gasteiger charge is 2.14. The molecule has 1 aliphatic rings. The van der Waals surface area contributed by atoms with E-state index in [2.05, 4.69) is 20.6 Å². The Morgan fingerprint density at radius 3 is 2.54 bits per heavy atom. The van der Waals surface area contributed by atoms with Crippen molar-refractivity contribution in [2.24, 2.45) is 0 Å². The third-order valence-corrected chi connectivity index (χ3v) is 4.97. The second-order valence-corrected chi connectivity index (χ2v) is 7.19. The van der Waals surface area contributed by atoms with Crippen LogP contribution in [0.4, 0.5) is 5.82 Å². The summed E-state index contributed by atoms with van der Waals surface area (Å²) in [4.78, 5) is 20.7. The number of rotatable bonds is 6. The predicted octanol–water partition coefficient (Wildman–Crippen LogP) is 4.24. The molecule has 138 valence electrons. The molecular formula is C20H25ClN4O. The van der Waals surface area contributed by atoms with E-state index in [0.717, 1.165) is 30.6 Å². The molecule has 0 atom stereocenters. The zero-order chi connectivity index (χ0) is 18.2. The fraction of sp³-hybridized carbons (Fsp3) is 0.450. The second-order valence-electron chi connectivity index (χ2n) is 6.75. The molecule has 2 N–H and O–H groups in total. The number of halogens is 1. The monoisotopic (exact) mass is 372 g/mol. The standard InChI is InChI=1S/C20H25ClN4O/c21-16-9-7-15(8-10-16)11-12-22-20(26)18-13-19(24-14-23-18)25-17-5-3-1-2-4-6-17/h7-10,13-14,17H,1-6,11-12H2,(H,22,26)(H,23,24,25). The van der Waals surface area contributed by atoms with Gasteiger partial charge in [-0.2, -0.15) is 0 Å². The number of hydrogen-bond donors (Lipinski definition) is 2. The van der Waals surface area contributed by atoms with Gasteiger partial charge in [0, 0.05) is 23.7 Å². The molecule has 1 amide bonds. The minimum Gasteiger partial charge on any atom is -0.367 e. The molecule has 5 nitrogen and oxygen atoms in total. The zero-order valence-corrected chi connectivity index (χ0v) is 15.6. The lowest BCUT2D eigenvalue weighted by Crippen LogP contribution is -2.27. The smallest absolute Gasteiger partial charge is 0.270 e. The first-order chi connectivity index (χ1) is 12.7. The Balaban J connectivity index is 1.51. The van der Waals surface area contributed by atoms with Crippen LogP contribution in [-0.4, -0.2) is 28.5 Å². The molecule has 0 spiro atoms. The number of nitrogens with zero attached hydrogens (tertiary/aromatic N) is 2. The topological polar surface area (TPSA) is 66.9 Å². The van der Waals surface area contributed by atoms with Crippen LogP contribution in [-0.2, 0) is 6.42 Å². The number of aromatic nitrogens is 2. The lowest BCUT2D eigenvalue weighted by molar-refractivity contribution is 0.0949. The van der Waals surface area contributed by atoms with Gasteiger partial charge in [-0.15, -0.1) is 0 Å². The number of carbonyl (C=O) groups excluding carboxylic acids is 1. The molecule has 1 aromatic carbocycles. The summed E-state index contributed by atoms with van der Waals surface area (Å²) in [7, 11) is 0. The summed E-state index contributed by atoms with van der Waals surface area (Å²) in [5.74, 6) is 0.556. The van der Waals surface area contributed by atoms with Gasteiger partial charge >= 0.3 is 0 Å². The fourth-order valence-electron chi connectivity index (χ4n) is 3.26. The molecule has 0 radical (unpaired) electrons. The number of anilines is 1. The van der Waals surface area contributed by atoms with E-state index in [9.17, 15) is 4.79 Å². The molecular weight excluding hydrogens is 348 g/mol. The molecule has 0 saturated heterocycles. The minimum atomic E-state index is -0.176. The van der Waals surface area contributed by atoms with E-state index in [0.29, 0.717) is 23.3 Å². The molecule has 0 unspecified atom stereocenters. The van der Waals surface area contributed by atoms with Crippen molar-refractivity contribution < 1.29 is 4.79 Å².